The summed E-state index contributed by atoms with van der Waals surface area (Å²) in [4.78, 5) is 10.7. The molecule has 2 N–H and O–H groups in total. The third-order valence-electron chi connectivity index (χ3n) is 2.05. The average molecular weight is 217 g/mol. The fourth-order valence-corrected chi connectivity index (χ4v) is 1.38. The van der Waals surface area contributed by atoms with Crippen LogP contribution in [0.25, 0.3) is 11.3 Å². The van der Waals surface area contributed by atoms with Gasteiger partial charge in [0.25, 0.3) is 5.95 Å². The molecule has 0 bridgehead atoms. The summed E-state index contributed by atoms with van der Waals surface area (Å²) in [5.74, 6) is 0.335. The Hall–Kier alpha value is -2.23. The lowest BCUT2D eigenvalue weighted by atomic mass is 10.1. The van der Waals surface area contributed by atoms with Crippen molar-refractivity contribution in [3.8, 4) is 17.3 Å². The smallest absolute Gasteiger partial charge is 0.310 e. The molecular formula is C12H11NO3. The molecule has 0 atom stereocenters. The molecular weight excluding hydrogens is 206 g/mol. The molecule has 0 aliphatic carbocycles. The van der Waals surface area contributed by atoms with Crippen LogP contribution < -0.4 is 10.5 Å². The lowest BCUT2D eigenvalue weighted by molar-refractivity contribution is -0.133. The molecule has 0 radical (unpaired) electrons. The van der Waals surface area contributed by atoms with Gasteiger partial charge in [-0.1, -0.05) is 12.1 Å². The Balaban J connectivity index is 2.32. The minimum atomic E-state index is -0.415. The van der Waals surface area contributed by atoms with E-state index in [1.807, 2.05) is 18.2 Å². The van der Waals surface area contributed by atoms with Gasteiger partial charge in [-0.15, -0.1) is 0 Å². The standard InChI is InChI=1S/C12H11NO3/c1-8(14)15-12-7-6-11(16-12)9-4-2-3-5-10(9)13/h2-7H,13H2,1H3. The van der Waals surface area contributed by atoms with Crippen molar-refractivity contribution >= 4 is 11.7 Å². The van der Waals surface area contributed by atoms with Crippen molar-refractivity contribution < 1.29 is 13.9 Å². The van der Waals surface area contributed by atoms with E-state index < -0.39 is 5.97 Å². The van der Waals surface area contributed by atoms with E-state index in [2.05, 4.69) is 0 Å². The largest absolute Gasteiger partial charge is 0.425 e. The van der Waals surface area contributed by atoms with Crippen LogP contribution in [0.4, 0.5) is 5.69 Å². The summed E-state index contributed by atoms with van der Waals surface area (Å²) >= 11 is 0. The Labute approximate surface area is 92.6 Å². The van der Waals surface area contributed by atoms with Crippen molar-refractivity contribution in [1.29, 1.82) is 0 Å². The third-order valence-corrected chi connectivity index (χ3v) is 2.05. The number of hydrogen-bond acceptors (Lipinski definition) is 4. The molecule has 1 aromatic carbocycles. The number of carbonyl (C=O) groups excluding carboxylic acids is 1. The molecule has 0 spiro atoms. The van der Waals surface area contributed by atoms with Crippen molar-refractivity contribution in [3.05, 3.63) is 36.4 Å². The fraction of sp³-hybridized carbons (Fsp3) is 0.0833. The predicted molar refractivity (Wildman–Crippen MR) is 59.9 cm³/mol. The van der Waals surface area contributed by atoms with Crippen LogP contribution in [0, 0.1) is 0 Å². The molecule has 4 nitrogen and oxygen atoms in total. The lowest BCUT2D eigenvalue weighted by Gasteiger charge is -2.00. The first-order valence-electron chi connectivity index (χ1n) is 4.80. The third kappa shape index (κ3) is 2.06. The molecule has 0 saturated carbocycles. The van der Waals surface area contributed by atoms with Crippen molar-refractivity contribution in [1.82, 2.24) is 0 Å². The summed E-state index contributed by atoms with van der Waals surface area (Å²) in [5.41, 5.74) is 7.19. The number of benzene rings is 1. The van der Waals surface area contributed by atoms with E-state index in [-0.39, 0.29) is 5.95 Å². The number of ether oxygens (including phenoxy) is 1. The number of hydrogen-bond donors (Lipinski definition) is 1. The monoisotopic (exact) mass is 217 g/mol. The van der Waals surface area contributed by atoms with E-state index in [0.29, 0.717) is 11.4 Å². The van der Waals surface area contributed by atoms with Crippen LogP contribution in [0.1, 0.15) is 6.92 Å². The van der Waals surface area contributed by atoms with Crippen LogP contribution >= 0.6 is 0 Å². The van der Waals surface area contributed by atoms with Gasteiger partial charge in [-0.25, -0.2) is 0 Å². The van der Waals surface area contributed by atoms with Gasteiger partial charge >= 0.3 is 5.97 Å². The maximum Gasteiger partial charge on any atom is 0.310 e. The molecule has 0 fully saturated rings. The second-order valence-corrected chi connectivity index (χ2v) is 3.30. The quantitative estimate of drug-likeness (QED) is 0.619. The maximum absolute atomic E-state index is 10.7. The van der Waals surface area contributed by atoms with Crippen molar-refractivity contribution in [2.75, 3.05) is 5.73 Å². The second kappa shape index (κ2) is 4.10. The van der Waals surface area contributed by atoms with Crippen molar-refractivity contribution in [2.45, 2.75) is 6.92 Å². The van der Waals surface area contributed by atoms with E-state index in [1.54, 1.807) is 18.2 Å². The lowest BCUT2D eigenvalue weighted by Crippen LogP contribution is -1.99. The Morgan fingerprint density at radius 3 is 2.69 bits per heavy atom. The van der Waals surface area contributed by atoms with Gasteiger partial charge in [-0.2, -0.15) is 0 Å². The van der Waals surface area contributed by atoms with Gasteiger partial charge in [-0.3, -0.25) is 4.79 Å². The molecule has 2 aromatic rings. The Morgan fingerprint density at radius 2 is 2.00 bits per heavy atom. The van der Waals surface area contributed by atoms with Gasteiger partial charge < -0.3 is 14.9 Å². The summed E-state index contributed by atoms with van der Waals surface area (Å²) in [7, 11) is 0. The molecule has 2 rings (SSSR count). The highest BCUT2D eigenvalue weighted by molar-refractivity contribution is 5.73. The highest BCUT2D eigenvalue weighted by Gasteiger charge is 2.09. The van der Waals surface area contributed by atoms with Gasteiger partial charge in [0.05, 0.1) is 0 Å². The van der Waals surface area contributed by atoms with E-state index in [0.717, 1.165) is 5.56 Å². The maximum atomic E-state index is 10.7. The minimum Gasteiger partial charge on any atom is -0.425 e. The number of rotatable bonds is 2. The summed E-state index contributed by atoms with van der Waals surface area (Å²) in [5, 5.41) is 0. The molecule has 16 heavy (non-hydrogen) atoms. The minimum absolute atomic E-state index is 0.172. The Morgan fingerprint density at radius 1 is 1.25 bits per heavy atom. The van der Waals surface area contributed by atoms with Crippen LogP contribution in [-0.2, 0) is 4.79 Å². The summed E-state index contributed by atoms with van der Waals surface area (Å²) in [6.07, 6.45) is 0. The molecule has 0 unspecified atom stereocenters. The predicted octanol–water partition coefficient (Wildman–Crippen LogP) is 2.45. The van der Waals surface area contributed by atoms with E-state index >= 15 is 0 Å². The zero-order valence-corrected chi connectivity index (χ0v) is 8.77. The Bertz CT molecular complexity index is 516. The van der Waals surface area contributed by atoms with Gasteiger partial charge in [-0.05, 0) is 18.2 Å². The molecule has 0 aliphatic heterocycles. The zero-order valence-electron chi connectivity index (χ0n) is 8.77. The molecule has 1 aromatic heterocycles. The Kier molecular flexibility index (Phi) is 2.64. The number of nitrogen functional groups attached to an aromatic ring is 1. The first kappa shape index (κ1) is 10.3. The highest BCUT2D eigenvalue weighted by atomic mass is 16.6. The fourth-order valence-electron chi connectivity index (χ4n) is 1.38. The molecule has 0 saturated heterocycles. The van der Waals surface area contributed by atoms with Crippen LogP contribution in [0.2, 0.25) is 0 Å². The second-order valence-electron chi connectivity index (χ2n) is 3.30. The molecule has 0 aliphatic rings. The van der Waals surface area contributed by atoms with E-state index in [1.165, 1.54) is 6.92 Å². The van der Waals surface area contributed by atoms with Crippen LogP contribution in [-0.4, -0.2) is 5.97 Å². The normalized spacial score (nSPS) is 10.1. The highest BCUT2D eigenvalue weighted by Crippen LogP contribution is 2.29. The average Bonchev–Trinajstić information content (AvgIpc) is 2.66. The van der Waals surface area contributed by atoms with Gasteiger partial charge in [0.15, 0.2) is 0 Å². The molecule has 0 amide bonds. The zero-order chi connectivity index (χ0) is 11.5. The number of esters is 1. The number of para-hydroxylation sites is 1. The molecule has 4 heteroatoms. The van der Waals surface area contributed by atoms with Crippen LogP contribution in [0.15, 0.2) is 40.8 Å². The van der Waals surface area contributed by atoms with Crippen LogP contribution in [0.5, 0.6) is 5.95 Å². The molecule has 82 valence electrons. The number of nitrogens with two attached hydrogens (primary N) is 1. The first-order valence-corrected chi connectivity index (χ1v) is 4.80. The number of carbonyl (C=O) groups is 1. The summed E-state index contributed by atoms with van der Waals surface area (Å²) < 4.78 is 10.1. The number of furan rings is 1. The van der Waals surface area contributed by atoms with Crippen molar-refractivity contribution in [2.24, 2.45) is 0 Å². The first-order chi connectivity index (χ1) is 7.66. The topological polar surface area (TPSA) is 65.5 Å². The van der Waals surface area contributed by atoms with E-state index in [4.69, 9.17) is 14.9 Å². The van der Waals surface area contributed by atoms with Gasteiger partial charge in [0.1, 0.15) is 5.76 Å². The SMILES string of the molecule is CC(=O)Oc1ccc(-c2ccccc2N)o1. The summed E-state index contributed by atoms with van der Waals surface area (Å²) in [6.45, 7) is 1.32. The van der Waals surface area contributed by atoms with Gasteiger partial charge in [0.2, 0.25) is 0 Å². The summed E-state index contributed by atoms with van der Waals surface area (Å²) in [6, 6.07) is 10.6. The van der Waals surface area contributed by atoms with E-state index in [9.17, 15) is 4.79 Å². The van der Waals surface area contributed by atoms with Gasteiger partial charge in [0, 0.05) is 24.2 Å². The molecule has 1 heterocycles. The number of anilines is 1. The van der Waals surface area contributed by atoms with Crippen molar-refractivity contribution in [3.63, 3.8) is 0 Å². The van der Waals surface area contributed by atoms with Crippen LogP contribution in [0.3, 0.4) is 0 Å².